The Hall–Kier alpha value is -2.68. The van der Waals surface area contributed by atoms with Crippen LogP contribution in [-0.4, -0.2) is 24.6 Å². The van der Waals surface area contributed by atoms with Gasteiger partial charge in [-0.15, -0.1) is 0 Å². The van der Waals surface area contributed by atoms with Crippen LogP contribution in [0.2, 0.25) is 0 Å². The third-order valence-corrected chi connectivity index (χ3v) is 5.65. The summed E-state index contributed by atoms with van der Waals surface area (Å²) in [6.07, 6.45) is -0.698. The van der Waals surface area contributed by atoms with Crippen LogP contribution in [0.3, 0.4) is 0 Å². The van der Waals surface area contributed by atoms with Crippen molar-refractivity contribution in [3.05, 3.63) is 59.9 Å². The van der Waals surface area contributed by atoms with E-state index < -0.39 is 27.6 Å². The fourth-order valence-corrected chi connectivity index (χ4v) is 3.74. The van der Waals surface area contributed by atoms with E-state index in [1.807, 2.05) is 6.92 Å². The predicted octanol–water partition coefficient (Wildman–Crippen LogP) is 5.01. The molecule has 0 aliphatic rings. The number of anilines is 1. The van der Waals surface area contributed by atoms with E-state index in [1.54, 1.807) is 12.1 Å². The highest BCUT2D eigenvalue weighted by molar-refractivity contribution is 7.90. The van der Waals surface area contributed by atoms with Crippen LogP contribution in [-0.2, 0) is 16.0 Å². The van der Waals surface area contributed by atoms with Gasteiger partial charge in [0.15, 0.2) is 9.84 Å². The van der Waals surface area contributed by atoms with Gasteiger partial charge in [-0.05, 0) is 42.3 Å². The zero-order valence-electron chi connectivity index (χ0n) is 15.9. The van der Waals surface area contributed by atoms with Crippen LogP contribution in [0.25, 0.3) is 10.9 Å². The molecule has 1 aromatic heterocycles. The summed E-state index contributed by atoms with van der Waals surface area (Å²) in [5.74, 6) is 0.372. The van der Waals surface area contributed by atoms with Crippen LogP contribution in [0.4, 0.5) is 19.0 Å². The lowest BCUT2D eigenvalue weighted by atomic mass is 9.99. The quantitative estimate of drug-likeness (QED) is 0.604. The summed E-state index contributed by atoms with van der Waals surface area (Å²) in [4.78, 5) is 8.47. The van der Waals surface area contributed by atoms with Gasteiger partial charge in [-0.1, -0.05) is 25.5 Å². The molecule has 3 rings (SSSR count). The van der Waals surface area contributed by atoms with Gasteiger partial charge in [-0.2, -0.15) is 13.2 Å². The average molecular weight is 423 g/mol. The van der Waals surface area contributed by atoms with Crippen LogP contribution >= 0.6 is 0 Å². The van der Waals surface area contributed by atoms with Gasteiger partial charge in [0.05, 0.1) is 22.0 Å². The number of benzene rings is 2. The Kier molecular flexibility index (Phi) is 5.79. The minimum absolute atomic E-state index is 0.119. The molecule has 0 amide bonds. The molecule has 5 nitrogen and oxygen atoms in total. The molecule has 1 N–H and O–H groups in total. The van der Waals surface area contributed by atoms with Crippen molar-refractivity contribution >= 4 is 26.6 Å². The zero-order chi connectivity index (χ0) is 21.2. The number of alkyl halides is 3. The molecule has 154 valence electrons. The maximum Gasteiger partial charge on any atom is 0.416 e. The minimum Gasteiger partial charge on any atom is -0.363 e. The molecule has 2 aromatic carbocycles. The number of sulfone groups is 1. The van der Waals surface area contributed by atoms with E-state index in [4.69, 9.17) is 0 Å². The Morgan fingerprint density at radius 2 is 1.86 bits per heavy atom. The summed E-state index contributed by atoms with van der Waals surface area (Å²) in [6.45, 7) is 1.93. The van der Waals surface area contributed by atoms with E-state index in [0.717, 1.165) is 24.8 Å². The van der Waals surface area contributed by atoms with Crippen molar-refractivity contribution in [2.75, 3.05) is 11.6 Å². The van der Waals surface area contributed by atoms with Gasteiger partial charge >= 0.3 is 6.18 Å². The van der Waals surface area contributed by atoms with E-state index in [9.17, 15) is 21.6 Å². The standard InChI is InChI=1S/C20H20F3N3O2S/c1-3-5-17(13-6-4-7-14(10-13)20(21,22)23)26-19-16-11-15(29(2,27)28)8-9-18(16)24-12-25-19/h4,6-12,17H,3,5H2,1-2H3,(H,24,25,26). The Bertz CT molecular complexity index is 1130. The van der Waals surface area contributed by atoms with Crippen LogP contribution in [0, 0.1) is 0 Å². The SMILES string of the molecule is CCCC(Nc1ncnc2ccc(S(C)(=O)=O)cc12)c1cccc(C(F)(F)F)c1. The third-order valence-electron chi connectivity index (χ3n) is 4.54. The number of hydrogen-bond acceptors (Lipinski definition) is 5. The average Bonchev–Trinajstić information content (AvgIpc) is 2.66. The molecule has 0 fully saturated rings. The highest BCUT2D eigenvalue weighted by atomic mass is 32.2. The Balaban J connectivity index is 2.05. The molecule has 1 heterocycles. The maximum absolute atomic E-state index is 13.1. The molecule has 1 atom stereocenters. The summed E-state index contributed by atoms with van der Waals surface area (Å²) < 4.78 is 63.1. The maximum atomic E-state index is 13.1. The second-order valence-electron chi connectivity index (χ2n) is 6.78. The third kappa shape index (κ3) is 4.84. The summed E-state index contributed by atoms with van der Waals surface area (Å²) >= 11 is 0. The van der Waals surface area contributed by atoms with Crippen LogP contribution in [0.1, 0.15) is 36.9 Å². The Labute approximate surface area is 166 Å². The molecular formula is C20H20F3N3O2S. The first kappa shape index (κ1) is 21.0. The van der Waals surface area contributed by atoms with Crippen molar-refractivity contribution in [2.24, 2.45) is 0 Å². The van der Waals surface area contributed by atoms with Gasteiger partial charge in [0, 0.05) is 11.6 Å². The molecule has 3 aromatic rings. The first-order valence-electron chi connectivity index (χ1n) is 8.98. The molecule has 0 spiro atoms. The lowest BCUT2D eigenvalue weighted by molar-refractivity contribution is -0.137. The lowest BCUT2D eigenvalue weighted by Crippen LogP contribution is -2.14. The van der Waals surface area contributed by atoms with Gasteiger partial charge in [-0.25, -0.2) is 18.4 Å². The first-order chi connectivity index (χ1) is 13.6. The van der Waals surface area contributed by atoms with Crippen LogP contribution in [0.15, 0.2) is 53.7 Å². The highest BCUT2D eigenvalue weighted by Crippen LogP contribution is 2.33. The fraction of sp³-hybridized carbons (Fsp3) is 0.300. The second kappa shape index (κ2) is 7.98. The van der Waals surface area contributed by atoms with Crippen molar-refractivity contribution in [3.8, 4) is 0 Å². The highest BCUT2D eigenvalue weighted by Gasteiger charge is 2.31. The van der Waals surface area contributed by atoms with E-state index >= 15 is 0 Å². The molecule has 0 aliphatic carbocycles. The lowest BCUT2D eigenvalue weighted by Gasteiger charge is -2.21. The van der Waals surface area contributed by atoms with Gasteiger partial charge in [0.2, 0.25) is 0 Å². The van der Waals surface area contributed by atoms with E-state index in [0.29, 0.717) is 28.7 Å². The number of rotatable bonds is 6. The first-order valence-corrected chi connectivity index (χ1v) is 10.9. The normalized spacial score (nSPS) is 13.4. The molecule has 0 bridgehead atoms. The summed E-state index contributed by atoms with van der Waals surface area (Å²) in [5, 5.41) is 3.67. The number of halogens is 3. The molecule has 0 radical (unpaired) electrons. The second-order valence-corrected chi connectivity index (χ2v) is 8.80. The molecular weight excluding hydrogens is 403 g/mol. The van der Waals surface area contributed by atoms with Crippen molar-refractivity contribution < 1.29 is 21.6 Å². The summed E-state index contributed by atoms with van der Waals surface area (Å²) in [7, 11) is -3.43. The van der Waals surface area contributed by atoms with Crippen molar-refractivity contribution in [1.29, 1.82) is 0 Å². The molecule has 9 heteroatoms. The van der Waals surface area contributed by atoms with E-state index in [2.05, 4.69) is 15.3 Å². The number of nitrogens with zero attached hydrogens (tertiary/aromatic N) is 2. The monoisotopic (exact) mass is 423 g/mol. The van der Waals surface area contributed by atoms with Gasteiger partial charge in [0.25, 0.3) is 0 Å². The minimum atomic E-state index is -4.43. The number of hydrogen-bond donors (Lipinski definition) is 1. The topological polar surface area (TPSA) is 72.0 Å². The molecule has 0 saturated heterocycles. The Morgan fingerprint density at radius 1 is 1.10 bits per heavy atom. The van der Waals surface area contributed by atoms with Crippen molar-refractivity contribution in [2.45, 2.75) is 36.9 Å². The molecule has 29 heavy (non-hydrogen) atoms. The van der Waals surface area contributed by atoms with Crippen molar-refractivity contribution in [3.63, 3.8) is 0 Å². The predicted molar refractivity (Wildman–Crippen MR) is 105 cm³/mol. The number of fused-ring (bicyclic) bond motifs is 1. The van der Waals surface area contributed by atoms with E-state index in [-0.39, 0.29) is 4.90 Å². The van der Waals surface area contributed by atoms with Crippen LogP contribution in [0.5, 0.6) is 0 Å². The molecule has 0 saturated carbocycles. The molecule has 0 aliphatic heterocycles. The fourth-order valence-electron chi connectivity index (χ4n) is 3.09. The summed E-state index contributed by atoms with van der Waals surface area (Å²) in [5.41, 5.74) is 0.298. The number of aromatic nitrogens is 2. The number of nitrogens with one attached hydrogen (secondary N) is 1. The van der Waals surface area contributed by atoms with E-state index in [1.165, 1.54) is 24.5 Å². The molecule has 1 unspecified atom stereocenters. The smallest absolute Gasteiger partial charge is 0.363 e. The summed E-state index contributed by atoms with van der Waals surface area (Å²) in [6, 6.07) is 9.26. The zero-order valence-corrected chi connectivity index (χ0v) is 16.7. The van der Waals surface area contributed by atoms with Gasteiger partial charge in [0.1, 0.15) is 12.1 Å². The van der Waals surface area contributed by atoms with Gasteiger partial charge in [-0.3, -0.25) is 0 Å². The van der Waals surface area contributed by atoms with Crippen LogP contribution < -0.4 is 5.32 Å². The Morgan fingerprint density at radius 3 is 2.52 bits per heavy atom. The largest absolute Gasteiger partial charge is 0.416 e. The van der Waals surface area contributed by atoms with Gasteiger partial charge < -0.3 is 5.32 Å². The van der Waals surface area contributed by atoms with Crippen molar-refractivity contribution in [1.82, 2.24) is 9.97 Å².